The highest BCUT2D eigenvalue weighted by Crippen LogP contribution is 2.28. The minimum atomic E-state index is -3.84. The van der Waals surface area contributed by atoms with Crippen LogP contribution < -0.4 is 15.4 Å². The lowest BCUT2D eigenvalue weighted by Gasteiger charge is -2.09. The molecule has 3 heterocycles. The zero-order chi connectivity index (χ0) is 20.0. The Morgan fingerprint density at radius 2 is 1.93 bits per heavy atom. The van der Waals surface area contributed by atoms with Gasteiger partial charge in [0.2, 0.25) is 5.95 Å². The maximum absolute atomic E-state index is 12.0. The standard InChI is InChI=1S/C18H13N7O3S/c26-17-11-5-4-10(8-15(11)29(27,28)25-17)21-18-19-7-6-16(23-18)22-13-2-1-3-14-12(13)9-20-24-14/h1-9H,(H,20,24)(H,25,26)(H2,19,21,22,23). The van der Waals surface area contributed by atoms with Crippen molar-refractivity contribution in [3.63, 3.8) is 0 Å². The highest BCUT2D eigenvalue weighted by Gasteiger charge is 2.32. The molecule has 0 unspecified atom stereocenters. The topological polar surface area (TPSA) is 142 Å². The number of aromatic amines is 1. The zero-order valence-electron chi connectivity index (χ0n) is 14.7. The largest absolute Gasteiger partial charge is 0.339 e. The lowest BCUT2D eigenvalue weighted by molar-refractivity contribution is 0.0985. The van der Waals surface area contributed by atoms with Crippen LogP contribution in [0.5, 0.6) is 0 Å². The number of H-pyrrole nitrogens is 1. The predicted octanol–water partition coefficient (Wildman–Crippen LogP) is 2.27. The fourth-order valence-electron chi connectivity index (χ4n) is 3.07. The molecule has 2 aromatic carbocycles. The van der Waals surface area contributed by atoms with Gasteiger partial charge in [0.15, 0.2) is 0 Å². The highest BCUT2D eigenvalue weighted by atomic mass is 32.2. The molecule has 4 aromatic rings. The van der Waals surface area contributed by atoms with Crippen LogP contribution in [-0.4, -0.2) is 34.5 Å². The first kappa shape index (κ1) is 17.1. The first-order chi connectivity index (χ1) is 14.0. The van der Waals surface area contributed by atoms with Gasteiger partial charge < -0.3 is 10.6 Å². The molecule has 0 saturated carbocycles. The van der Waals surface area contributed by atoms with Gasteiger partial charge >= 0.3 is 0 Å². The third-order valence-electron chi connectivity index (χ3n) is 4.40. The number of nitrogens with zero attached hydrogens (tertiary/aromatic N) is 3. The minimum absolute atomic E-state index is 0.0755. The molecule has 1 aliphatic rings. The van der Waals surface area contributed by atoms with Crippen LogP contribution in [-0.2, 0) is 10.0 Å². The summed E-state index contributed by atoms with van der Waals surface area (Å²) in [6, 6.07) is 11.8. The van der Waals surface area contributed by atoms with Gasteiger partial charge in [0.25, 0.3) is 15.9 Å². The maximum atomic E-state index is 12.0. The Labute approximate surface area is 164 Å². The van der Waals surface area contributed by atoms with Crippen LogP contribution in [0.2, 0.25) is 0 Å². The van der Waals surface area contributed by atoms with E-state index in [2.05, 4.69) is 30.8 Å². The van der Waals surface area contributed by atoms with Gasteiger partial charge in [-0.25, -0.2) is 18.1 Å². The summed E-state index contributed by atoms with van der Waals surface area (Å²) in [5, 5.41) is 14.0. The van der Waals surface area contributed by atoms with Crippen LogP contribution in [0.3, 0.4) is 0 Å². The fraction of sp³-hybridized carbons (Fsp3) is 0. The number of sulfonamides is 1. The summed E-state index contributed by atoms with van der Waals surface area (Å²) < 4.78 is 26.0. The highest BCUT2D eigenvalue weighted by molar-refractivity contribution is 7.90. The van der Waals surface area contributed by atoms with E-state index in [9.17, 15) is 13.2 Å². The van der Waals surface area contributed by atoms with Gasteiger partial charge in [-0.3, -0.25) is 9.89 Å². The van der Waals surface area contributed by atoms with Gasteiger partial charge in [-0.1, -0.05) is 6.07 Å². The molecule has 2 aromatic heterocycles. The summed E-state index contributed by atoms with van der Waals surface area (Å²) >= 11 is 0. The van der Waals surface area contributed by atoms with Gasteiger partial charge in [-0.15, -0.1) is 0 Å². The van der Waals surface area contributed by atoms with Crippen molar-refractivity contribution < 1.29 is 13.2 Å². The fourth-order valence-corrected chi connectivity index (χ4v) is 4.27. The van der Waals surface area contributed by atoms with Crippen LogP contribution in [0.15, 0.2) is 59.8 Å². The van der Waals surface area contributed by atoms with Gasteiger partial charge in [-0.2, -0.15) is 10.1 Å². The molecule has 0 fully saturated rings. The number of anilines is 4. The van der Waals surface area contributed by atoms with Crippen molar-refractivity contribution in [2.75, 3.05) is 10.6 Å². The molecule has 0 radical (unpaired) electrons. The van der Waals surface area contributed by atoms with Crippen LogP contribution in [0.25, 0.3) is 10.9 Å². The Balaban J connectivity index is 1.43. The Kier molecular flexibility index (Phi) is 3.71. The van der Waals surface area contributed by atoms with Gasteiger partial charge in [0.05, 0.1) is 23.0 Å². The van der Waals surface area contributed by atoms with Crippen LogP contribution >= 0.6 is 0 Å². The monoisotopic (exact) mass is 407 g/mol. The number of amides is 1. The van der Waals surface area contributed by atoms with Gasteiger partial charge in [0.1, 0.15) is 10.7 Å². The van der Waals surface area contributed by atoms with Crippen LogP contribution in [0, 0.1) is 0 Å². The third kappa shape index (κ3) is 3.02. The van der Waals surface area contributed by atoms with Gasteiger partial charge in [-0.05, 0) is 36.4 Å². The second-order valence-corrected chi connectivity index (χ2v) is 7.95. The number of carbonyl (C=O) groups is 1. The van der Waals surface area contributed by atoms with E-state index in [1.807, 2.05) is 22.9 Å². The van der Waals surface area contributed by atoms with Crippen molar-refractivity contribution >= 4 is 50.0 Å². The number of nitrogens with one attached hydrogen (secondary N) is 4. The number of carbonyl (C=O) groups excluding carboxylic acids is 1. The second-order valence-electron chi connectivity index (χ2n) is 6.30. The Morgan fingerprint density at radius 1 is 1.03 bits per heavy atom. The number of rotatable bonds is 4. The molecule has 0 saturated heterocycles. The smallest absolute Gasteiger partial charge is 0.266 e. The average Bonchev–Trinajstić information content (AvgIpc) is 3.25. The molecule has 11 heteroatoms. The first-order valence-corrected chi connectivity index (χ1v) is 9.98. The molecular weight excluding hydrogens is 394 g/mol. The third-order valence-corrected chi connectivity index (χ3v) is 5.77. The lowest BCUT2D eigenvalue weighted by atomic mass is 10.2. The first-order valence-electron chi connectivity index (χ1n) is 8.50. The molecule has 1 aliphatic heterocycles. The summed E-state index contributed by atoms with van der Waals surface area (Å²) in [7, 11) is -3.84. The van der Waals surface area contributed by atoms with Crippen LogP contribution in [0.1, 0.15) is 10.4 Å². The van der Waals surface area contributed by atoms with Crippen molar-refractivity contribution in [3.05, 3.63) is 60.4 Å². The molecule has 0 spiro atoms. The summed E-state index contributed by atoms with van der Waals surface area (Å²) in [6.07, 6.45) is 3.29. The predicted molar refractivity (Wildman–Crippen MR) is 106 cm³/mol. The number of fused-ring (bicyclic) bond motifs is 2. The van der Waals surface area contributed by atoms with E-state index >= 15 is 0 Å². The molecule has 10 nitrogen and oxygen atoms in total. The van der Waals surface area contributed by atoms with Gasteiger partial charge in [0, 0.05) is 17.3 Å². The molecule has 4 N–H and O–H groups in total. The molecule has 1 amide bonds. The van der Waals surface area contributed by atoms with E-state index in [1.54, 1.807) is 24.5 Å². The summed E-state index contributed by atoms with van der Waals surface area (Å²) in [4.78, 5) is 20.2. The quantitative estimate of drug-likeness (QED) is 0.404. The molecule has 5 rings (SSSR count). The van der Waals surface area contributed by atoms with Crippen molar-refractivity contribution in [3.8, 4) is 0 Å². The van der Waals surface area contributed by atoms with Crippen LogP contribution in [0.4, 0.5) is 23.1 Å². The molecular formula is C18H13N7O3S. The number of hydrogen-bond donors (Lipinski definition) is 4. The molecule has 144 valence electrons. The Morgan fingerprint density at radius 3 is 2.83 bits per heavy atom. The Hall–Kier alpha value is -3.99. The molecule has 0 atom stereocenters. The van der Waals surface area contributed by atoms with E-state index in [-0.39, 0.29) is 16.4 Å². The second kappa shape index (κ2) is 6.27. The normalized spacial score (nSPS) is 14.4. The number of aromatic nitrogens is 4. The maximum Gasteiger partial charge on any atom is 0.266 e. The van der Waals surface area contributed by atoms with Crippen molar-refractivity contribution in [2.24, 2.45) is 0 Å². The van der Waals surface area contributed by atoms with E-state index in [0.717, 1.165) is 16.6 Å². The number of benzene rings is 2. The SMILES string of the molecule is O=C1NS(=O)(=O)c2cc(Nc3nccc(Nc4cccc5[nH]ncc45)n3)ccc21. The summed E-state index contributed by atoms with van der Waals surface area (Å²) in [5.41, 5.74) is 2.28. The van der Waals surface area contributed by atoms with E-state index < -0.39 is 15.9 Å². The lowest BCUT2D eigenvalue weighted by Crippen LogP contribution is -2.20. The summed E-state index contributed by atoms with van der Waals surface area (Å²) in [6.45, 7) is 0. The molecule has 0 bridgehead atoms. The average molecular weight is 407 g/mol. The van der Waals surface area contributed by atoms with E-state index in [0.29, 0.717) is 11.5 Å². The Bertz CT molecular complexity index is 1380. The minimum Gasteiger partial charge on any atom is -0.339 e. The number of hydrogen-bond acceptors (Lipinski definition) is 8. The molecule has 0 aliphatic carbocycles. The van der Waals surface area contributed by atoms with Crippen molar-refractivity contribution in [2.45, 2.75) is 4.90 Å². The summed E-state index contributed by atoms with van der Waals surface area (Å²) in [5.74, 6) is 0.174. The zero-order valence-corrected chi connectivity index (χ0v) is 15.5. The van der Waals surface area contributed by atoms with E-state index in [1.165, 1.54) is 12.1 Å². The van der Waals surface area contributed by atoms with Crippen molar-refractivity contribution in [1.82, 2.24) is 24.9 Å². The van der Waals surface area contributed by atoms with Crippen molar-refractivity contribution in [1.29, 1.82) is 0 Å². The molecule has 29 heavy (non-hydrogen) atoms. The van der Waals surface area contributed by atoms with E-state index in [4.69, 9.17) is 0 Å².